The molecule has 0 heterocycles. The van der Waals surface area contributed by atoms with Crippen LogP contribution in [0.4, 0.5) is 0 Å². The van der Waals surface area contributed by atoms with Gasteiger partial charge in [-0.3, -0.25) is 0 Å². The van der Waals surface area contributed by atoms with E-state index in [1.165, 1.54) is 0 Å². The summed E-state index contributed by atoms with van der Waals surface area (Å²) in [7, 11) is 0. The van der Waals surface area contributed by atoms with E-state index >= 15 is 0 Å². The second kappa shape index (κ2) is 4.45. The van der Waals surface area contributed by atoms with Crippen LogP contribution >= 0.6 is 6.49 Å². The van der Waals surface area contributed by atoms with Crippen molar-refractivity contribution in [2.75, 3.05) is 6.16 Å². The van der Waals surface area contributed by atoms with Crippen LogP contribution in [0.5, 0.6) is 0 Å². The average Bonchev–Trinajstić information content (AvgIpc) is 1.35. The van der Waals surface area contributed by atoms with E-state index in [9.17, 15) is 0 Å². The largest absolute Gasteiger partial charge is 1.00 e. The molecule has 0 aliphatic heterocycles. The van der Waals surface area contributed by atoms with Crippen molar-refractivity contribution in [2.45, 2.75) is 6.92 Å². The van der Waals surface area contributed by atoms with Gasteiger partial charge in [-0.1, -0.05) is 6.92 Å². The Morgan fingerprint density at radius 2 is 1.71 bits per heavy atom. The minimum Gasteiger partial charge on any atom is -0.345 e. The van der Waals surface area contributed by atoms with Crippen molar-refractivity contribution in [3.05, 3.63) is 0 Å². The van der Waals surface area contributed by atoms with Gasteiger partial charge in [-0.2, -0.15) is 0 Å². The molecule has 0 aliphatic rings. The zero-order valence-electron chi connectivity index (χ0n) is 4.46. The van der Waals surface area contributed by atoms with Gasteiger partial charge in [0.25, 0.3) is 0 Å². The van der Waals surface area contributed by atoms with Crippen molar-refractivity contribution in [3.63, 3.8) is 0 Å². The Labute approximate surface area is 70.4 Å². The van der Waals surface area contributed by atoms with E-state index < -0.39 is 6.49 Å². The Morgan fingerprint density at radius 3 is 1.71 bits per heavy atom. The van der Waals surface area contributed by atoms with Crippen LogP contribution in [0.2, 0.25) is 0 Å². The number of hydrogen-bond acceptors (Lipinski definition) is 1. The maximum atomic E-state index is 8.31. The van der Waals surface area contributed by atoms with Crippen molar-refractivity contribution in [2.24, 2.45) is 0 Å². The summed E-state index contributed by atoms with van der Waals surface area (Å²) < 4.78 is 0. The summed E-state index contributed by atoms with van der Waals surface area (Å²) >= 11 is 4.21. The molecule has 0 spiro atoms. The first-order chi connectivity index (χ1) is 2.56. The second-order valence-electron chi connectivity index (χ2n) is 0.981. The molecule has 0 radical (unpaired) electrons. The smallest absolute Gasteiger partial charge is 0.345 e. The standard InChI is InChI=1S/C2H7O2PS.Na/c1-2-5(3,4)6;/h2H2,1H3,(H2,3,4,6);/q;+1. The predicted octanol–water partition coefficient (Wildman–Crippen LogP) is -2.70. The minimum absolute atomic E-state index is 0. The summed E-state index contributed by atoms with van der Waals surface area (Å²) in [5.41, 5.74) is 0. The van der Waals surface area contributed by atoms with Gasteiger partial charge >= 0.3 is 29.6 Å². The molecule has 0 amide bonds. The number of rotatable bonds is 1. The monoisotopic (exact) mass is 149 g/mol. The molecule has 0 aromatic rings. The summed E-state index contributed by atoms with van der Waals surface area (Å²) in [6.45, 7) is -1.16. The molecular formula is C2H7NaO2PS+. The van der Waals surface area contributed by atoms with Crippen LogP contribution in [0.25, 0.3) is 0 Å². The van der Waals surface area contributed by atoms with E-state index in [4.69, 9.17) is 9.79 Å². The quantitative estimate of drug-likeness (QED) is 0.315. The van der Waals surface area contributed by atoms with E-state index in [1.54, 1.807) is 6.92 Å². The van der Waals surface area contributed by atoms with Crippen molar-refractivity contribution in [1.82, 2.24) is 0 Å². The van der Waals surface area contributed by atoms with Gasteiger partial charge in [0.2, 0.25) is 0 Å². The molecule has 7 heavy (non-hydrogen) atoms. The van der Waals surface area contributed by atoms with Crippen molar-refractivity contribution >= 4 is 18.3 Å². The van der Waals surface area contributed by atoms with Gasteiger partial charge in [-0.25, -0.2) is 0 Å². The van der Waals surface area contributed by atoms with Gasteiger partial charge in [0.05, 0.1) is 0 Å². The maximum Gasteiger partial charge on any atom is 1.00 e. The van der Waals surface area contributed by atoms with Crippen LogP contribution in [-0.2, 0) is 11.8 Å². The fourth-order valence-electron chi connectivity index (χ4n) is 0. The van der Waals surface area contributed by atoms with Crippen LogP contribution in [0.1, 0.15) is 6.92 Å². The van der Waals surface area contributed by atoms with E-state index in [0.717, 1.165) is 0 Å². The van der Waals surface area contributed by atoms with Crippen molar-refractivity contribution in [3.8, 4) is 0 Å². The third-order valence-corrected chi connectivity index (χ3v) is 2.01. The molecule has 38 valence electrons. The summed E-state index contributed by atoms with van der Waals surface area (Å²) in [6, 6.07) is 0. The first-order valence-electron chi connectivity index (χ1n) is 1.61. The molecule has 0 unspecified atom stereocenters. The van der Waals surface area contributed by atoms with Gasteiger partial charge in [0, 0.05) is 6.16 Å². The molecule has 5 heteroatoms. The Kier molecular flexibility index (Phi) is 7.23. The first-order valence-corrected chi connectivity index (χ1v) is 4.50. The molecule has 2 N–H and O–H groups in total. The van der Waals surface area contributed by atoms with E-state index in [1.807, 2.05) is 0 Å². The first kappa shape index (κ1) is 11.4. The van der Waals surface area contributed by atoms with Gasteiger partial charge < -0.3 is 9.79 Å². The van der Waals surface area contributed by atoms with Crippen LogP contribution in [0.3, 0.4) is 0 Å². The molecule has 0 aliphatic carbocycles. The Hall–Kier alpha value is 1.57. The molecule has 2 nitrogen and oxygen atoms in total. The van der Waals surface area contributed by atoms with E-state index in [2.05, 4.69) is 11.8 Å². The molecular weight excluding hydrogens is 142 g/mol. The van der Waals surface area contributed by atoms with Gasteiger partial charge in [-0.15, -0.1) is 0 Å². The second-order valence-corrected chi connectivity index (χ2v) is 4.70. The SMILES string of the molecule is CCP(O)(O)=S.[Na+]. The van der Waals surface area contributed by atoms with Gasteiger partial charge in [0.1, 0.15) is 0 Å². The predicted molar refractivity (Wildman–Crippen MR) is 29.3 cm³/mol. The minimum atomic E-state index is -2.81. The van der Waals surface area contributed by atoms with Crippen LogP contribution in [0.15, 0.2) is 0 Å². The van der Waals surface area contributed by atoms with E-state index in [-0.39, 0.29) is 29.6 Å². The normalized spacial score (nSPS) is 10.1. The molecule has 0 aromatic carbocycles. The topological polar surface area (TPSA) is 40.5 Å². The Balaban J connectivity index is 0. The molecule has 0 rings (SSSR count). The van der Waals surface area contributed by atoms with Crippen LogP contribution in [-0.4, -0.2) is 15.9 Å². The summed E-state index contributed by atoms with van der Waals surface area (Å²) in [5, 5.41) is 0. The van der Waals surface area contributed by atoms with Gasteiger partial charge in [-0.05, 0) is 11.8 Å². The third-order valence-electron chi connectivity index (χ3n) is 0.412. The summed E-state index contributed by atoms with van der Waals surface area (Å²) in [6.07, 6.45) is 0.308. The zero-order chi connectivity index (χ0) is 5.21. The van der Waals surface area contributed by atoms with E-state index in [0.29, 0.717) is 6.16 Å². The molecule has 0 bridgehead atoms. The number of hydrogen-bond donors (Lipinski definition) is 2. The van der Waals surface area contributed by atoms with Gasteiger partial charge in [0.15, 0.2) is 6.49 Å². The fourth-order valence-corrected chi connectivity index (χ4v) is 0. The molecule has 0 aromatic heterocycles. The average molecular weight is 149 g/mol. The van der Waals surface area contributed by atoms with Crippen molar-refractivity contribution < 1.29 is 39.3 Å². The molecule has 0 saturated heterocycles. The maximum absolute atomic E-state index is 8.31. The summed E-state index contributed by atoms with van der Waals surface area (Å²) in [5.74, 6) is 0. The Bertz CT molecular complexity index is 79.8. The fraction of sp³-hybridized carbons (Fsp3) is 1.00. The molecule has 0 fully saturated rings. The zero-order valence-corrected chi connectivity index (χ0v) is 8.17. The molecule has 0 atom stereocenters. The summed E-state index contributed by atoms with van der Waals surface area (Å²) in [4.78, 5) is 16.6. The Morgan fingerprint density at radius 1 is 1.57 bits per heavy atom. The van der Waals surface area contributed by atoms with Crippen LogP contribution < -0.4 is 29.6 Å². The van der Waals surface area contributed by atoms with Crippen molar-refractivity contribution in [1.29, 1.82) is 0 Å². The van der Waals surface area contributed by atoms with Crippen LogP contribution in [0, 0.1) is 0 Å². The molecule has 0 saturated carbocycles. The third kappa shape index (κ3) is 11.2.